The highest BCUT2D eigenvalue weighted by molar-refractivity contribution is 6.95. The number of rotatable bonds is 20. The molecule has 600 valence electrons. The fraction of sp³-hybridized carbons (Fsp3) is 0.556. The van der Waals surface area contributed by atoms with Crippen molar-refractivity contribution in [1.82, 2.24) is 0 Å². The van der Waals surface area contributed by atoms with Crippen LogP contribution in [0.25, 0.3) is 0 Å². The first-order valence-corrected chi connectivity index (χ1v) is 38.9. The van der Waals surface area contributed by atoms with Gasteiger partial charge in [-0.1, -0.05) is 289 Å². The molecule has 2 nitrogen and oxygen atoms in total. The molecule has 0 saturated carbocycles. The molecule has 6 aromatic rings. The van der Waals surface area contributed by atoms with Gasteiger partial charge in [0.25, 0.3) is 6.71 Å². The van der Waals surface area contributed by atoms with Crippen LogP contribution in [0.4, 0.5) is 87.8 Å². The summed E-state index contributed by atoms with van der Waals surface area (Å²) in [5.41, 5.74) is -1.80. The summed E-state index contributed by atoms with van der Waals surface area (Å²) >= 11 is -4.44. The molecule has 0 aliphatic carbocycles. The summed E-state index contributed by atoms with van der Waals surface area (Å²) in [6, 6.07) is 8.62. The van der Waals surface area contributed by atoms with Gasteiger partial charge in [-0.05, 0) is 63.0 Å². The molecular formula is C81H112Al2B2F20O2. The quantitative estimate of drug-likeness (QED) is 0.0328. The zero-order chi connectivity index (χ0) is 80.7. The second-order valence-electron chi connectivity index (χ2n) is 33.7. The van der Waals surface area contributed by atoms with E-state index in [0.717, 1.165) is 41.2 Å². The van der Waals surface area contributed by atoms with Crippen LogP contribution in [0.1, 0.15) is 222 Å². The molecule has 0 spiro atoms. The third-order valence-electron chi connectivity index (χ3n) is 17.0. The lowest BCUT2D eigenvalue weighted by Gasteiger charge is -2.33. The van der Waals surface area contributed by atoms with Crippen molar-refractivity contribution in [3.8, 4) is 11.5 Å². The SMILES string of the molecule is C.C.C.CC(C)CB(CC(C)C)CC(C)C.Cc1cc(C(C)(C)C)c([O][Al]([CH2]C(C)C)[CH2]C(C)C)c(C(C)(C)C)c1.Cc1cc(C(C)(C)C)c([O][Al]([CH2]C(C)C)[c]2c(F)c(F)c(F)c(F)c2F)c(C(C)(C)C)c1.Fc1c(F)c(F)c(B(c2c(F)c(F)c(F)c(F)c2F)c2c(F)c(F)c(F)c(F)c2F)c(F)c1F. The van der Waals surface area contributed by atoms with E-state index in [2.05, 4.69) is 130 Å². The Hall–Kier alpha value is -5.29. The third kappa shape index (κ3) is 25.9. The smallest absolute Gasteiger partial charge is 0.595 e. The van der Waals surface area contributed by atoms with E-state index in [-0.39, 0.29) is 55.1 Å². The minimum absolute atomic E-state index is 0. The fourth-order valence-corrected chi connectivity index (χ4v) is 18.2. The van der Waals surface area contributed by atoms with Gasteiger partial charge < -0.3 is 7.58 Å². The maximum Gasteiger partial charge on any atom is 0.595 e. The number of benzene rings is 6. The molecule has 0 heterocycles. The summed E-state index contributed by atoms with van der Waals surface area (Å²) in [5.74, 6) is -49.2. The van der Waals surface area contributed by atoms with Crippen molar-refractivity contribution in [3.63, 3.8) is 0 Å². The van der Waals surface area contributed by atoms with E-state index >= 15 is 0 Å². The van der Waals surface area contributed by atoms with Crippen molar-refractivity contribution < 1.29 is 95.4 Å². The van der Waals surface area contributed by atoms with Crippen molar-refractivity contribution in [3.05, 3.63) is 174 Å². The predicted octanol–water partition coefficient (Wildman–Crippen LogP) is 25.1. The molecule has 0 aliphatic heterocycles. The molecule has 0 N–H and O–H groups in total. The minimum atomic E-state index is -3.96. The van der Waals surface area contributed by atoms with E-state index in [1.54, 1.807) is 0 Å². The second-order valence-corrected chi connectivity index (χ2v) is 38.4. The van der Waals surface area contributed by atoms with E-state index in [0.29, 0.717) is 17.6 Å². The van der Waals surface area contributed by atoms with E-state index in [1.807, 2.05) is 74.4 Å². The predicted molar refractivity (Wildman–Crippen MR) is 403 cm³/mol. The van der Waals surface area contributed by atoms with Gasteiger partial charge in [-0.15, -0.1) is 0 Å². The number of hydrogen-bond acceptors (Lipinski definition) is 2. The summed E-state index contributed by atoms with van der Waals surface area (Å²) in [6.45, 7) is 54.0. The van der Waals surface area contributed by atoms with Crippen LogP contribution < -0.4 is 28.4 Å². The van der Waals surface area contributed by atoms with Gasteiger partial charge in [0, 0.05) is 20.8 Å². The molecule has 6 aromatic carbocycles. The van der Waals surface area contributed by atoms with E-state index in [9.17, 15) is 87.8 Å². The lowest BCUT2D eigenvalue weighted by molar-refractivity contribution is 0.380. The Balaban J connectivity index is 0.00000145. The lowest BCUT2D eigenvalue weighted by Crippen LogP contribution is -2.60. The third-order valence-corrected chi connectivity index (χ3v) is 23.5. The van der Waals surface area contributed by atoms with Crippen molar-refractivity contribution in [2.75, 3.05) is 0 Å². The molecule has 0 amide bonds. The van der Waals surface area contributed by atoms with E-state index < -0.39 is 173 Å². The highest BCUT2D eigenvalue weighted by Gasteiger charge is 2.46. The van der Waals surface area contributed by atoms with Crippen LogP contribution in [0.5, 0.6) is 11.5 Å². The van der Waals surface area contributed by atoms with Crippen LogP contribution in [0.15, 0.2) is 24.3 Å². The van der Waals surface area contributed by atoms with Crippen LogP contribution >= 0.6 is 0 Å². The molecule has 0 radical (unpaired) electrons. The molecule has 107 heavy (non-hydrogen) atoms. The topological polar surface area (TPSA) is 18.5 Å². The van der Waals surface area contributed by atoms with Gasteiger partial charge in [-0.2, -0.15) is 0 Å². The molecule has 0 saturated heterocycles. The number of halogens is 20. The van der Waals surface area contributed by atoms with Crippen molar-refractivity contribution >= 4 is 63.2 Å². The molecule has 0 unspecified atom stereocenters. The Morgan fingerprint density at radius 2 is 0.486 bits per heavy atom. The van der Waals surface area contributed by atoms with Crippen molar-refractivity contribution in [2.24, 2.45) is 35.5 Å². The largest absolute Gasteiger partial charge is 0.642 e. The van der Waals surface area contributed by atoms with Crippen LogP contribution in [0.3, 0.4) is 0 Å². The molecule has 0 aromatic heterocycles. The maximum atomic E-state index is 14.8. The maximum absolute atomic E-state index is 14.8. The van der Waals surface area contributed by atoms with E-state index in [1.165, 1.54) is 52.0 Å². The first kappa shape index (κ1) is 102. The first-order valence-electron chi connectivity index (χ1n) is 35.0. The standard InChI is InChI=1S/C18BF15.2C15H24O.C12H27B.C6F5.3C4H9.3CH4.2Al/c20-4-1(5(21)11(27)16(32)10(4)26)19(2-6(22)12(28)17(33)13(29)7(2)23)3-8(24)14(30)18(34)15(31)9(3)25;2*1-10-8-11(14(2,3)4)13(16)12(9-10)15(5,6)7;1-10(2)7-13(8-11(3)4)9-12(5)6;7-2-1-3(8)5(10)6(11)4(2)9;3*1-4(2)3;;;;;/h;2*8-9,16H,1-7H3;10-12H,7-9H2,1-6H3;;3*4H,1H2,2-3H3;3*1H4;;/q;;;;;;;;;;;2*+1/p-2. The second kappa shape index (κ2) is 40.8. The van der Waals surface area contributed by atoms with E-state index in [4.69, 9.17) is 7.58 Å². The van der Waals surface area contributed by atoms with Gasteiger partial charge in [-0.25, -0.2) is 87.8 Å². The molecule has 0 fully saturated rings. The Bertz CT molecular complexity index is 3580. The number of aryl methyl sites for hydroxylation is 2. The van der Waals surface area contributed by atoms with Crippen molar-refractivity contribution in [2.45, 2.75) is 259 Å². The van der Waals surface area contributed by atoms with Crippen LogP contribution in [-0.2, 0) is 21.7 Å². The zero-order valence-corrected chi connectivity index (χ0v) is 67.0. The molecule has 6 rings (SSSR count). The Labute approximate surface area is 635 Å². The van der Waals surface area contributed by atoms with Gasteiger partial charge in [0.1, 0.15) is 6.71 Å². The molecule has 0 bridgehead atoms. The average Bonchev–Trinajstić information content (AvgIpc) is 0.732. The Kier molecular flexibility index (Phi) is 38.8. The zero-order valence-electron chi connectivity index (χ0n) is 64.7. The average molecular weight is 1570 g/mol. The molecular weight excluding hydrogens is 1460 g/mol. The Morgan fingerprint density at radius 3 is 0.682 bits per heavy atom. The highest BCUT2D eigenvalue weighted by atomic mass is 27.2. The highest BCUT2D eigenvalue weighted by Crippen LogP contribution is 2.44. The summed E-state index contributed by atoms with van der Waals surface area (Å²) in [7, 11) is 0. The van der Waals surface area contributed by atoms with Gasteiger partial charge in [-0.3, -0.25) is 0 Å². The summed E-state index contributed by atoms with van der Waals surface area (Å²) < 4.78 is 292. The van der Waals surface area contributed by atoms with Crippen molar-refractivity contribution in [1.29, 1.82) is 0 Å². The van der Waals surface area contributed by atoms with Crippen LogP contribution in [0.2, 0.25) is 34.8 Å². The Morgan fingerprint density at radius 1 is 0.290 bits per heavy atom. The fourth-order valence-electron chi connectivity index (χ4n) is 12.5. The van der Waals surface area contributed by atoms with Gasteiger partial charge >= 0.3 is 29.0 Å². The first-order chi connectivity index (χ1) is 47.2. The lowest BCUT2D eigenvalue weighted by atomic mass is 9.36. The van der Waals surface area contributed by atoms with Gasteiger partial charge in [0.15, 0.2) is 116 Å². The molecule has 0 aliphatic rings. The normalized spacial score (nSPS) is 11.8. The van der Waals surface area contributed by atoms with Gasteiger partial charge in [0.2, 0.25) is 0 Å². The summed E-state index contributed by atoms with van der Waals surface area (Å²) in [5, 5.41) is 2.71. The number of hydrogen-bond donors (Lipinski definition) is 0. The van der Waals surface area contributed by atoms with Crippen LogP contribution in [-0.4, -0.2) is 42.4 Å². The molecule has 0 atom stereocenters. The summed E-state index contributed by atoms with van der Waals surface area (Å²) in [4.78, 5) is 0. The van der Waals surface area contributed by atoms with Gasteiger partial charge in [0.05, 0.1) is 11.5 Å². The monoisotopic (exact) mass is 1570 g/mol. The minimum Gasteiger partial charge on any atom is -0.642 e. The van der Waals surface area contributed by atoms with Crippen LogP contribution in [0, 0.1) is 166 Å². The summed E-state index contributed by atoms with van der Waals surface area (Å²) in [6.07, 6.45) is 4.24. The molecule has 26 heteroatoms.